The first-order chi connectivity index (χ1) is 9.58. The number of hydrogen-bond donors (Lipinski definition) is 0. The minimum absolute atomic E-state index is 0.154. The first-order valence-corrected chi connectivity index (χ1v) is 7.51. The second-order valence-corrected chi connectivity index (χ2v) is 6.18. The third-order valence-electron chi connectivity index (χ3n) is 4.91. The monoisotopic (exact) mass is 271 g/mol. The number of benzene rings is 1. The van der Waals surface area contributed by atoms with Gasteiger partial charge in [0.2, 0.25) is 5.91 Å². The number of anilines is 1. The lowest BCUT2D eigenvalue weighted by atomic mass is 9.88. The van der Waals surface area contributed by atoms with Crippen molar-refractivity contribution in [2.75, 3.05) is 11.9 Å². The summed E-state index contributed by atoms with van der Waals surface area (Å²) < 4.78 is 0. The highest BCUT2D eigenvalue weighted by molar-refractivity contribution is 6.00. The summed E-state index contributed by atoms with van der Waals surface area (Å²) in [7, 11) is 1.81. The number of amides is 1. The van der Waals surface area contributed by atoms with Crippen LogP contribution in [0.5, 0.6) is 0 Å². The number of rotatable bonds is 2. The zero-order chi connectivity index (χ0) is 14.3. The van der Waals surface area contributed by atoms with Crippen LogP contribution in [0.4, 0.5) is 5.69 Å². The fraction of sp³-hybridized carbons (Fsp3) is 0.529. The van der Waals surface area contributed by atoms with Gasteiger partial charge in [-0.2, -0.15) is 0 Å². The van der Waals surface area contributed by atoms with Crippen LogP contribution in [0.15, 0.2) is 18.2 Å². The van der Waals surface area contributed by atoms with E-state index in [2.05, 4.69) is 6.92 Å². The molecular formula is C17H21NO2. The Hall–Kier alpha value is -1.64. The van der Waals surface area contributed by atoms with Crippen LogP contribution in [0.2, 0.25) is 0 Å². The normalized spacial score (nSPS) is 25.7. The lowest BCUT2D eigenvalue weighted by Crippen LogP contribution is -2.31. The van der Waals surface area contributed by atoms with Crippen LogP contribution in [-0.4, -0.2) is 18.7 Å². The Morgan fingerprint density at radius 2 is 2.05 bits per heavy atom. The van der Waals surface area contributed by atoms with Crippen molar-refractivity contribution in [3.63, 3.8) is 0 Å². The number of carbonyl (C=O) groups is 2. The number of ketones is 1. The summed E-state index contributed by atoms with van der Waals surface area (Å²) in [6.07, 6.45) is 4.65. The van der Waals surface area contributed by atoms with Crippen molar-refractivity contribution in [2.24, 2.45) is 11.8 Å². The molecule has 2 aliphatic rings. The van der Waals surface area contributed by atoms with Crippen LogP contribution in [0.1, 0.15) is 48.5 Å². The van der Waals surface area contributed by atoms with Crippen LogP contribution in [0.25, 0.3) is 0 Å². The molecule has 106 valence electrons. The summed E-state index contributed by atoms with van der Waals surface area (Å²) in [6, 6.07) is 5.83. The molecule has 3 rings (SSSR count). The predicted octanol–water partition coefficient (Wildman–Crippen LogP) is 3.21. The molecule has 0 saturated heterocycles. The summed E-state index contributed by atoms with van der Waals surface area (Å²) in [5.74, 6) is 1.14. The number of nitrogens with zero attached hydrogens (tertiary/aromatic N) is 1. The zero-order valence-corrected chi connectivity index (χ0v) is 12.2. The second kappa shape index (κ2) is 5.04. The van der Waals surface area contributed by atoms with Gasteiger partial charge >= 0.3 is 0 Å². The van der Waals surface area contributed by atoms with E-state index in [0.717, 1.165) is 29.7 Å². The smallest absolute Gasteiger partial charge is 0.227 e. The highest BCUT2D eigenvalue weighted by atomic mass is 16.2. The van der Waals surface area contributed by atoms with E-state index in [1.807, 2.05) is 18.2 Å². The summed E-state index contributed by atoms with van der Waals surface area (Å²) in [4.78, 5) is 26.0. The molecule has 3 nitrogen and oxygen atoms in total. The molecule has 0 N–H and O–H groups in total. The number of Topliss-reactive ketones (excluding diaryl/α,β-unsaturated/α-hetero) is 1. The molecule has 1 saturated carbocycles. The van der Waals surface area contributed by atoms with Crippen molar-refractivity contribution in [3.05, 3.63) is 29.3 Å². The summed E-state index contributed by atoms with van der Waals surface area (Å²) in [5.41, 5.74) is 2.91. The number of fused-ring (bicyclic) bond motifs is 1. The summed E-state index contributed by atoms with van der Waals surface area (Å²) in [6.45, 7) is 2.18. The van der Waals surface area contributed by atoms with Crippen LogP contribution in [-0.2, 0) is 11.2 Å². The zero-order valence-electron chi connectivity index (χ0n) is 12.2. The van der Waals surface area contributed by atoms with E-state index in [9.17, 15) is 9.59 Å². The Bertz CT molecular complexity index is 564. The third-order valence-corrected chi connectivity index (χ3v) is 4.91. The van der Waals surface area contributed by atoms with E-state index in [-0.39, 0.29) is 17.6 Å². The van der Waals surface area contributed by atoms with Gasteiger partial charge in [-0.1, -0.05) is 13.3 Å². The van der Waals surface area contributed by atoms with Gasteiger partial charge < -0.3 is 4.90 Å². The summed E-state index contributed by atoms with van der Waals surface area (Å²) in [5, 5.41) is 0. The van der Waals surface area contributed by atoms with Gasteiger partial charge in [0, 0.05) is 30.6 Å². The lowest BCUT2D eigenvalue weighted by Gasteiger charge is -2.26. The molecule has 0 aromatic heterocycles. The molecule has 1 aliphatic carbocycles. The van der Waals surface area contributed by atoms with E-state index in [0.29, 0.717) is 12.3 Å². The Labute approximate surface area is 120 Å². The maximum absolute atomic E-state index is 12.6. The van der Waals surface area contributed by atoms with Crippen molar-refractivity contribution in [1.29, 1.82) is 0 Å². The average molecular weight is 271 g/mol. The molecule has 0 bridgehead atoms. The quantitative estimate of drug-likeness (QED) is 0.774. The average Bonchev–Trinajstić information content (AvgIpc) is 2.88. The fourth-order valence-electron chi connectivity index (χ4n) is 3.56. The molecule has 20 heavy (non-hydrogen) atoms. The predicted molar refractivity (Wildman–Crippen MR) is 79.0 cm³/mol. The minimum Gasteiger partial charge on any atom is -0.315 e. The van der Waals surface area contributed by atoms with Gasteiger partial charge in [0.1, 0.15) is 0 Å². The highest BCUT2D eigenvalue weighted by Crippen LogP contribution is 2.35. The first-order valence-electron chi connectivity index (χ1n) is 7.51. The summed E-state index contributed by atoms with van der Waals surface area (Å²) >= 11 is 0. The number of hydrogen-bond acceptors (Lipinski definition) is 2. The van der Waals surface area contributed by atoms with Crippen LogP contribution >= 0.6 is 0 Å². The van der Waals surface area contributed by atoms with E-state index < -0.39 is 0 Å². The molecule has 2 unspecified atom stereocenters. The van der Waals surface area contributed by atoms with Crippen LogP contribution in [0, 0.1) is 11.8 Å². The minimum atomic E-state index is 0.154. The second-order valence-electron chi connectivity index (χ2n) is 6.18. The molecule has 1 amide bonds. The number of aryl methyl sites for hydroxylation is 1. The van der Waals surface area contributed by atoms with E-state index in [4.69, 9.17) is 0 Å². The van der Waals surface area contributed by atoms with Gasteiger partial charge in [0.25, 0.3) is 0 Å². The van der Waals surface area contributed by atoms with Gasteiger partial charge in [-0.25, -0.2) is 0 Å². The van der Waals surface area contributed by atoms with Gasteiger partial charge in [0.15, 0.2) is 5.78 Å². The molecule has 3 heteroatoms. The standard InChI is InChI=1S/C17H21NO2/c1-11-4-3-5-14(11)17(20)13-6-8-15-12(10-13)7-9-16(19)18(15)2/h6,8,10-11,14H,3-5,7,9H2,1-2H3. The van der Waals surface area contributed by atoms with Gasteiger partial charge in [-0.15, -0.1) is 0 Å². The molecule has 0 radical (unpaired) electrons. The molecular weight excluding hydrogens is 250 g/mol. The Balaban J connectivity index is 1.89. The van der Waals surface area contributed by atoms with E-state index in [1.165, 1.54) is 12.8 Å². The first kappa shape index (κ1) is 13.3. The van der Waals surface area contributed by atoms with Gasteiger partial charge in [-0.05, 0) is 48.9 Å². The Morgan fingerprint density at radius 1 is 1.25 bits per heavy atom. The fourth-order valence-corrected chi connectivity index (χ4v) is 3.56. The van der Waals surface area contributed by atoms with Crippen molar-refractivity contribution < 1.29 is 9.59 Å². The van der Waals surface area contributed by atoms with E-state index in [1.54, 1.807) is 11.9 Å². The molecule has 0 spiro atoms. The van der Waals surface area contributed by atoms with Crippen molar-refractivity contribution >= 4 is 17.4 Å². The SMILES string of the molecule is CC1CCCC1C(=O)c1ccc2c(c1)CCC(=O)N2C. The van der Waals surface area contributed by atoms with Crippen molar-refractivity contribution in [1.82, 2.24) is 0 Å². The Morgan fingerprint density at radius 3 is 2.75 bits per heavy atom. The molecule has 2 atom stereocenters. The molecule has 1 aliphatic heterocycles. The van der Waals surface area contributed by atoms with Crippen molar-refractivity contribution in [3.8, 4) is 0 Å². The van der Waals surface area contributed by atoms with E-state index >= 15 is 0 Å². The highest BCUT2D eigenvalue weighted by Gasteiger charge is 2.31. The maximum atomic E-state index is 12.6. The molecule has 1 heterocycles. The maximum Gasteiger partial charge on any atom is 0.227 e. The third kappa shape index (κ3) is 2.15. The Kier molecular flexibility index (Phi) is 3.36. The van der Waals surface area contributed by atoms with Crippen molar-refractivity contribution in [2.45, 2.75) is 39.0 Å². The topological polar surface area (TPSA) is 37.4 Å². The molecule has 1 aromatic carbocycles. The van der Waals surface area contributed by atoms with Crippen LogP contribution in [0.3, 0.4) is 0 Å². The lowest BCUT2D eigenvalue weighted by molar-refractivity contribution is -0.118. The molecule has 1 fully saturated rings. The largest absolute Gasteiger partial charge is 0.315 e. The van der Waals surface area contributed by atoms with Gasteiger partial charge in [-0.3, -0.25) is 9.59 Å². The number of carbonyl (C=O) groups excluding carboxylic acids is 2. The molecule has 1 aromatic rings. The van der Waals surface area contributed by atoms with Crippen LogP contribution < -0.4 is 4.90 Å². The van der Waals surface area contributed by atoms with Gasteiger partial charge in [0.05, 0.1) is 0 Å².